The van der Waals surface area contributed by atoms with Crippen molar-refractivity contribution in [2.75, 3.05) is 20.2 Å². The minimum atomic E-state index is -0.296. The molecule has 0 unspecified atom stereocenters. The van der Waals surface area contributed by atoms with Gasteiger partial charge in [-0.1, -0.05) is 24.3 Å². The number of imide groups is 2. The molecule has 0 radical (unpaired) electrons. The number of fused-ring (bicyclic) bond motifs is 3. The minimum absolute atomic E-state index is 0. The van der Waals surface area contributed by atoms with E-state index in [-0.39, 0.29) is 53.7 Å². The van der Waals surface area contributed by atoms with E-state index in [1.807, 2.05) is 34.3 Å². The maximum atomic E-state index is 12.9. The van der Waals surface area contributed by atoms with Gasteiger partial charge in [-0.15, -0.1) is 0 Å². The topological polar surface area (TPSA) is 92.8 Å². The molecule has 2 aliphatic heterocycles. The van der Waals surface area contributed by atoms with Crippen LogP contribution in [-0.4, -0.2) is 58.2 Å². The van der Waals surface area contributed by atoms with Gasteiger partial charge in [0.05, 0.1) is 42.5 Å². The van der Waals surface area contributed by atoms with Crippen LogP contribution in [0.2, 0.25) is 0 Å². The third-order valence-electron chi connectivity index (χ3n) is 7.40. The van der Waals surface area contributed by atoms with Crippen molar-refractivity contribution in [3.05, 3.63) is 94.8 Å². The fourth-order valence-corrected chi connectivity index (χ4v) is 5.42. The highest BCUT2D eigenvalue weighted by Crippen LogP contribution is 2.25. The normalized spacial score (nSPS) is 14.2. The maximum absolute atomic E-state index is 12.9. The molecule has 0 N–H and O–H groups in total. The van der Waals surface area contributed by atoms with Crippen molar-refractivity contribution < 1.29 is 45.5 Å². The first-order valence-electron chi connectivity index (χ1n) is 12.4. The van der Waals surface area contributed by atoms with Crippen LogP contribution >= 0.6 is 0 Å². The number of aromatic nitrogens is 2. The summed E-state index contributed by atoms with van der Waals surface area (Å²) >= 11 is 0. The number of ether oxygens (including phenoxy) is 1. The molecule has 4 aromatic rings. The molecule has 1 aromatic heterocycles. The van der Waals surface area contributed by atoms with Crippen LogP contribution in [-0.2, 0) is 13.1 Å². The van der Waals surface area contributed by atoms with E-state index >= 15 is 0 Å². The number of hydrogen-bond acceptors (Lipinski definition) is 5. The van der Waals surface area contributed by atoms with Gasteiger partial charge >= 0.3 is 0 Å². The number of hydrogen-bond donors (Lipinski definition) is 0. The molecule has 0 bridgehead atoms. The van der Waals surface area contributed by atoms with Crippen LogP contribution < -0.4 is 26.3 Å². The summed E-state index contributed by atoms with van der Waals surface area (Å²) in [7, 11) is 1.59. The average molecular weight is 589 g/mol. The fourth-order valence-electron chi connectivity index (χ4n) is 5.42. The second-order valence-electron chi connectivity index (χ2n) is 9.32. The van der Waals surface area contributed by atoms with E-state index in [0.29, 0.717) is 41.1 Å². The molecule has 0 fully saturated rings. The third-order valence-corrected chi connectivity index (χ3v) is 7.40. The Morgan fingerprint density at radius 3 is 1.67 bits per heavy atom. The molecule has 0 saturated heterocycles. The Bertz CT molecular complexity index is 1610. The van der Waals surface area contributed by atoms with Crippen LogP contribution in [0, 0.1) is 6.92 Å². The summed E-state index contributed by atoms with van der Waals surface area (Å²) in [4.78, 5) is 54.1. The number of rotatable bonds is 7. The number of nitrogens with zero attached hydrogens (tertiary/aromatic N) is 4. The summed E-state index contributed by atoms with van der Waals surface area (Å²) in [6.45, 7) is 3.12. The lowest BCUT2D eigenvalue weighted by molar-refractivity contribution is -0.677. The van der Waals surface area contributed by atoms with E-state index in [1.54, 1.807) is 55.6 Å². The zero-order valence-corrected chi connectivity index (χ0v) is 23.0. The predicted molar refractivity (Wildman–Crippen MR) is 137 cm³/mol. The van der Waals surface area contributed by atoms with Crippen molar-refractivity contribution >= 4 is 34.7 Å². The van der Waals surface area contributed by atoms with Gasteiger partial charge < -0.3 is 21.7 Å². The Labute approximate surface area is 235 Å². The molecule has 0 saturated carbocycles. The van der Waals surface area contributed by atoms with Gasteiger partial charge in [0, 0.05) is 13.0 Å². The lowest BCUT2D eigenvalue weighted by Gasteiger charge is -2.13. The molecule has 0 spiro atoms. The summed E-state index contributed by atoms with van der Waals surface area (Å²) in [6, 6.07) is 19.4. The van der Waals surface area contributed by atoms with Gasteiger partial charge in [-0.25, -0.2) is 9.13 Å². The summed E-state index contributed by atoms with van der Waals surface area (Å²) in [5.74, 6) is 0.359. The maximum Gasteiger partial charge on any atom is 0.261 e. The monoisotopic (exact) mass is 588 g/mol. The molecule has 9 nitrogen and oxygen atoms in total. The van der Waals surface area contributed by atoms with E-state index in [0.717, 1.165) is 16.9 Å². The minimum Gasteiger partial charge on any atom is -1.00 e. The van der Waals surface area contributed by atoms with Crippen LogP contribution in [0.15, 0.2) is 66.7 Å². The van der Waals surface area contributed by atoms with Gasteiger partial charge in [0.2, 0.25) is 0 Å². The molecule has 4 amide bonds. The molecular formula is C29H25BrN4O5. The van der Waals surface area contributed by atoms with Crippen molar-refractivity contribution in [3.63, 3.8) is 0 Å². The molecule has 198 valence electrons. The first kappa shape index (κ1) is 26.3. The second-order valence-corrected chi connectivity index (χ2v) is 9.32. The van der Waals surface area contributed by atoms with E-state index < -0.39 is 0 Å². The Kier molecular flexibility index (Phi) is 6.82. The molecule has 0 aliphatic carbocycles. The fraction of sp³-hybridized carbons (Fsp3) is 0.207. The van der Waals surface area contributed by atoms with Gasteiger partial charge in [0.25, 0.3) is 29.5 Å². The lowest BCUT2D eigenvalue weighted by Crippen LogP contribution is -3.00. The largest absolute Gasteiger partial charge is 1.00 e. The van der Waals surface area contributed by atoms with Crippen LogP contribution in [0.1, 0.15) is 47.3 Å². The molecule has 2 aliphatic rings. The van der Waals surface area contributed by atoms with Crippen LogP contribution in [0.25, 0.3) is 11.0 Å². The van der Waals surface area contributed by atoms with Gasteiger partial charge in [-0.2, -0.15) is 0 Å². The van der Waals surface area contributed by atoms with Crippen molar-refractivity contribution in [2.24, 2.45) is 0 Å². The summed E-state index contributed by atoms with van der Waals surface area (Å²) < 4.78 is 9.52. The summed E-state index contributed by atoms with van der Waals surface area (Å²) in [6.07, 6.45) is 0. The number of halogens is 1. The Morgan fingerprint density at radius 1 is 0.692 bits per heavy atom. The number of imidazole rings is 1. The quantitative estimate of drug-likeness (QED) is 0.221. The average Bonchev–Trinajstić information content (AvgIpc) is 3.45. The van der Waals surface area contributed by atoms with Gasteiger partial charge in [0.1, 0.15) is 18.8 Å². The molecule has 3 aromatic carbocycles. The van der Waals surface area contributed by atoms with Crippen molar-refractivity contribution in [1.82, 2.24) is 14.4 Å². The first-order valence-corrected chi connectivity index (χ1v) is 12.4. The number of carbonyl (C=O) groups is 4. The number of amides is 4. The Hall–Kier alpha value is -4.31. The molecule has 3 heterocycles. The van der Waals surface area contributed by atoms with E-state index in [4.69, 9.17) is 4.74 Å². The van der Waals surface area contributed by atoms with Crippen molar-refractivity contribution in [1.29, 1.82) is 0 Å². The van der Waals surface area contributed by atoms with Gasteiger partial charge in [-0.05, 0) is 36.4 Å². The smallest absolute Gasteiger partial charge is 0.261 e. The highest BCUT2D eigenvalue weighted by Gasteiger charge is 2.37. The number of methoxy groups -OCH3 is 1. The van der Waals surface area contributed by atoms with E-state index in [1.165, 1.54) is 9.80 Å². The van der Waals surface area contributed by atoms with E-state index in [9.17, 15) is 19.2 Å². The third kappa shape index (κ3) is 4.11. The highest BCUT2D eigenvalue weighted by molar-refractivity contribution is 6.22. The highest BCUT2D eigenvalue weighted by atomic mass is 79.9. The SMILES string of the molecule is COc1ccc2c(c1)n(CCN1C(=O)c3ccccc3C1=O)c(C)[n+]2CCN1C(=O)c2ccccc2C1=O.[Br-]. The van der Waals surface area contributed by atoms with Crippen molar-refractivity contribution in [3.8, 4) is 5.75 Å². The predicted octanol–water partition coefficient (Wildman–Crippen LogP) is -0.158. The molecule has 0 atom stereocenters. The molecule has 10 heteroatoms. The molecule has 39 heavy (non-hydrogen) atoms. The lowest BCUT2D eigenvalue weighted by atomic mass is 10.1. The van der Waals surface area contributed by atoms with Crippen molar-refractivity contribution in [2.45, 2.75) is 20.0 Å². The van der Waals surface area contributed by atoms with E-state index in [2.05, 4.69) is 0 Å². The zero-order valence-electron chi connectivity index (χ0n) is 21.4. The summed E-state index contributed by atoms with van der Waals surface area (Å²) in [5.41, 5.74) is 3.44. The number of carbonyl (C=O) groups excluding carboxylic acids is 4. The zero-order chi connectivity index (χ0) is 26.6. The van der Waals surface area contributed by atoms with Gasteiger partial charge in [0.15, 0.2) is 11.0 Å². The summed E-state index contributed by atoms with van der Waals surface area (Å²) in [5, 5.41) is 0. The second kappa shape index (κ2) is 10.1. The molecule has 6 rings (SSSR count). The van der Waals surface area contributed by atoms with Crippen LogP contribution in [0.4, 0.5) is 0 Å². The van der Waals surface area contributed by atoms with Crippen LogP contribution in [0.3, 0.4) is 0 Å². The number of benzene rings is 3. The van der Waals surface area contributed by atoms with Crippen LogP contribution in [0.5, 0.6) is 5.75 Å². The van der Waals surface area contributed by atoms with Gasteiger partial charge in [-0.3, -0.25) is 29.0 Å². The Morgan fingerprint density at radius 2 is 1.18 bits per heavy atom. The molecular weight excluding hydrogens is 564 g/mol. The Balaban J connectivity index is 0.00000308. The first-order chi connectivity index (χ1) is 18.4. The standard InChI is InChI=1S/C29H25N4O5.BrH/c1-18-30(13-15-32-26(34)20-7-3-4-8-21(20)27(32)35)24-12-11-19(38-2)17-25(24)31(18)14-16-33-28(36)22-9-5-6-10-23(22)29(33)37;/h3-12,17H,13-16H2,1-2H3;1H/q+1;/p-1.